The Bertz CT molecular complexity index is 753. The molecule has 0 aliphatic carbocycles. The van der Waals surface area contributed by atoms with Gasteiger partial charge in [0.05, 0.1) is 0 Å². The van der Waals surface area contributed by atoms with E-state index in [2.05, 4.69) is 16.0 Å². The summed E-state index contributed by atoms with van der Waals surface area (Å²) >= 11 is 0. The van der Waals surface area contributed by atoms with Crippen LogP contribution in [0.2, 0.25) is 0 Å². The number of hydrogen-bond acceptors (Lipinski definition) is 5. The Balaban J connectivity index is 1.95. The average Bonchev–Trinajstić information content (AvgIpc) is 3.10. The predicted molar refractivity (Wildman–Crippen MR) is 110 cm³/mol. The fourth-order valence-electron chi connectivity index (χ4n) is 3.28. The van der Waals surface area contributed by atoms with E-state index in [1.165, 1.54) is 0 Å². The van der Waals surface area contributed by atoms with Gasteiger partial charge in [0, 0.05) is 12.5 Å². The molecule has 1 aliphatic heterocycles. The Labute approximate surface area is 176 Å². The quantitative estimate of drug-likeness (QED) is 0.445. The maximum atomic E-state index is 12.8. The zero-order chi connectivity index (χ0) is 22.1. The normalized spacial score (nSPS) is 17.7. The zero-order valence-electron chi connectivity index (χ0n) is 17.4. The SMILES string of the molecule is CC(C)C[C@H](NC(=O)OCc1ccccc1)C(=O)N[C@@H](C[C@@H]1CCNC1=O)C(N)=O. The molecule has 4 amide bonds. The molecule has 9 heteroatoms. The first-order chi connectivity index (χ1) is 14.3. The number of primary amides is 1. The Morgan fingerprint density at radius 2 is 1.87 bits per heavy atom. The topological polar surface area (TPSA) is 140 Å². The standard InChI is InChI=1S/C21H30N4O5/c1-13(2)10-17(25-21(29)30-12-14-6-4-3-5-7-14)20(28)24-16(18(22)26)11-15-8-9-23-19(15)27/h3-7,13,15-17H,8-12H2,1-2H3,(H2,22,26)(H,23,27)(H,24,28)(H,25,29)/t15-,16-,17-/m0/s1. The van der Waals surface area contributed by atoms with Gasteiger partial charge in [-0.3, -0.25) is 14.4 Å². The van der Waals surface area contributed by atoms with E-state index in [0.29, 0.717) is 19.4 Å². The molecular formula is C21H30N4O5. The second-order valence-electron chi connectivity index (χ2n) is 7.86. The molecule has 0 aromatic heterocycles. The molecule has 1 aromatic carbocycles. The molecule has 5 N–H and O–H groups in total. The third kappa shape index (κ3) is 7.38. The second kappa shape index (κ2) is 11.2. The van der Waals surface area contributed by atoms with Gasteiger partial charge in [-0.05, 0) is 30.7 Å². The Morgan fingerprint density at radius 1 is 1.17 bits per heavy atom. The van der Waals surface area contributed by atoms with Crippen molar-refractivity contribution in [3.63, 3.8) is 0 Å². The molecule has 3 atom stereocenters. The van der Waals surface area contributed by atoms with Crippen LogP contribution in [0, 0.1) is 11.8 Å². The smallest absolute Gasteiger partial charge is 0.408 e. The molecule has 1 saturated heterocycles. The van der Waals surface area contributed by atoms with Crippen molar-refractivity contribution in [2.45, 2.75) is 51.8 Å². The molecule has 1 fully saturated rings. The Morgan fingerprint density at radius 3 is 2.43 bits per heavy atom. The number of nitrogens with two attached hydrogens (primary N) is 1. The average molecular weight is 418 g/mol. The molecule has 0 spiro atoms. The van der Waals surface area contributed by atoms with Crippen LogP contribution in [0.4, 0.5) is 4.79 Å². The number of alkyl carbamates (subject to hydrolysis) is 1. The number of nitrogens with one attached hydrogen (secondary N) is 3. The molecule has 0 unspecified atom stereocenters. The van der Waals surface area contributed by atoms with E-state index in [1.54, 1.807) is 0 Å². The second-order valence-corrected chi connectivity index (χ2v) is 7.86. The van der Waals surface area contributed by atoms with Crippen molar-refractivity contribution in [1.82, 2.24) is 16.0 Å². The Kier molecular flexibility index (Phi) is 8.64. The molecular weight excluding hydrogens is 388 g/mol. The summed E-state index contributed by atoms with van der Waals surface area (Å²) in [6.07, 6.45) is 0.324. The van der Waals surface area contributed by atoms with E-state index in [-0.39, 0.29) is 30.8 Å². The molecule has 0 saturated carbocycles. The number of ether oxygens (including phenoxy) is 1. The first-order valence-electron chi connectivity index (χ1n) is 10.1. The van der Waals surface area contributed by atoms with Gasteiger partial charge < -0.3 is 26.4 Å². The molecule has 0 radical (unpaired) electrons. The van der Waals surface area contributed by atoms with Gasteiger partial charge in [0.1, 0.15) is 18.7 Å². The van der Waals surface area contributed by atoms with Crippen molar-refractivity contribution < 1.29 is 23.9 Å². The summed E-state index contributed by atoms with van der Waals surface area (Å²) in [6, 6.07) is 7.28. The minimum Gasteiger partial charge on any atom is -0.445 e. The van der Waals surface area contributed by atoms with Gasteiger partial charge in [-0.15, -0.1) is 0 Å². The summed E-state index contributed by atoms with van der Waals surface area (Å²) in [7, 11) is 0. The lowest BCUT2D eigenvalue weighted by Gasteiger charge is -2.24. The van der Waals surface area contributed by atoms with Gasteiger partial charge in [-0.25, -0.2) is 4.79 Å². The van der Waals surface area contributed by atoms with E-state index < -0.39 is 30.0 Å². The van der Waals surface area contributed by atoms with Crippen molar-refractivity contribution in [2.24, 2.45) is 17.6 Å². The number of rotatable bonds is 10. The lowest BCUT2D eigenvalue weighted by Crippen LogP contribution is -2.54. The van der Waals surface area contributed by atoms with Gasteiger partial charge in [-0.1, -0.05) is 44.2 Å². The fraction of sp³-hybridized carbons (Fsp3) is 0.524. The largest absolute Gasteiger partial charge is 0.445 e. The molecule has 30 heavy (non-hydrogen) atoms. The van der Waals surface area contributed by atoms with Crippen molar-refractivity contribution in [3.05, 3.63) is 35.9 Å². The van der Waals surface area contributed by atoms with Crippen molar-refractivity contribution >= 4 is 23.8 Å². The van der Waals surface area contributed by atoms with Crippen molar-refractivity contribution in [2.75, 3.05) is 6.54 Å². The summed E-state index contributed by atoms with van der Waals surface area (Å²) in [5, 5.41) is 7.84. The Hall–Kier alpha value is -3.10. The maximum absolute atomic E-state index is 12.8. The minimum absolute atomic E-state index is 0.0728. The van der Waals surface area contributed by atoms with E-state index >= 15 is 0 Å². The van der Waals surface area contributed by atoms with Crippen molar-refractivity contribution in [3.8, 4) is 0 Å². The minimum atomic E-state index is -0.997. The number of hydrogen-bond donors (Lipinski definition) is 4. The molecule has 2 rings (SSSR count). The monoisotopic (exact) mass is 418 g/mol. The van der Waals surface area contributed by atoms with Crippen LogP contribution in [0.5, 0.6) is 0 Å². The molecule has 1 aromatic rings. The van der Waals surface area contributed by atoms with Gasteiger partial charge in [0.2, 0.25) is 17.7 Å². The van der Waals surface area contributed by atoms with Crippen molar-refractivity contribution in [1.29, 1.82) is 0 Å². The highest BCUT2D eigenvalue weighted by molar-refractivity contribution is 5.91. The highest BCUT2D eigenvalue weighted by atomic mass is 16.5. The molecule has 1 aliphatic rings. The van der Waals surface area contributed by atoms with Crippen LogP contribution in [0.3, 0.4) is 0 Å². The summed E-state index contributed by atoms with van der Waals surface area (Å²) < 4.78 is 5.19. The number of amides is 4. The molecule has 1 heterocycles. The highest BCUT2D eigenvalue weighted by Gasteiger charge is 2.32. The zero-order valence-corrected chi connectivity index (χ0v) is 17.4. The van der Waals surface area contributed by atoms with Gasteiger partial charge in [-0.2, -0.15) is 0 Å². The molecule has 164 valence electrons. The van der Waals surface area contributed by atoms with Crippen LogP contribution in [-0.4, -0.2) is 42.4 Å². The predicted octanol–water partition coefficient (Wildman–Crippen LogP) is 0.824. The maximum Gasteiger partial charge on any atom is 0.408 e. The number of carbonyl (C=O) groups excluding carboxylic acids is 4. The van der Waals surface area contributed by atoms with Crippen LogP contribution in [0.1, 0.15) is 38.7 Å². The first kappa shape index (κ1) is 23.2. The fourth-order valence-corrected chi connectivity index (χ4v) is 3.28. The molecule has 0 bridgehead atoms. The molecule has 9 nitrogen and oxygen atoms in total. The summed E-state index contributed by atoms with van der Waals surface area (Å²) in [6.45, 7) is 4.43. The highest BCUT2D eigenvalue weighted by Crippen LogP contribution is 2.16. The van der Waals surface area contributed by atoms with Crippen LogP contribution < -0.4 is 21.7 Å². The van der Waals surface area contributed by atoms with Gasteiger partial charge >= 0.3 is 6.09 Å². The van der Waals surface area contributed by atoms with Crippen LogP contribution in [-0.2, 0) is 25.7 Å². The third-order valence-corrected chi connectivity index (χ3v) is 4.87. The van der Waals surface area contributed by atoms with Crippen LogP contribution in [0.25, 0.3) is 0 Å². The van der Waals surface area contributed by atoms with E-state index in [0.717, 1.165) is 5.56 Å². The summed E-state index contributed by atoms with van der Waals surface area (Å²) in [5.41, 5.74) is 6.25. The summed E-state index contributed by atoms with van der Waals surface area (Å²) in [5.74, 6) is -1.70. The van der Waals surface area contributed by atoms with Crippen LogP contribution >= 0.6 is 0 Å². The summed E-state index contributed by atoms with van der Waals surface area (Å²) in [4.78, 5) is 48.6. The van der Waals surface area contributed by atoms with Gasteiger partial charge in [0.15, 0.2) is 0 Å². The first-order valence-corrected chi connectivity index (χ1v) is 10.1. The van der Waals surface area contributed by atoms with Gasteiger partial charge in [0.25, 0.3) is 0 Å². The van der Waals surface area contributed by atoms with E-state index in [4.69, 9.17) is 10.5 Å². The van der Waals surface area contributed by atoms with Crippen LogP contribution in [0.15, 0.2) is 30.3 Å². The lowest BCUT2D eigenvalue weighted by molar-refractivity contribution is -0.130. The lowest BCUT2D eigenvalue weighted by atomic mass is 9.97. The number of carbonyl (C=O) groups is 4. The van der Waals surface area contributed by atoms with E-state index in [1.807, 2.05) is 44.2 Å². The third-order valence-electron chi connectivity index (χ3n) is 4.87. The van der Waals surface area contributed by atoms with E-state index in [9.17, 15) is 19.2 Å². The number of benzene rings is 1.